The molecule has 13 heavy (non-hydrogen) atoms. The summed E-state index contributed by atoms with van der Waals surface area (Å²) in [6, 6.07) is 0. The van der Waals surface area contributed by atoms with Crippen molar-refractivity contribution in [3.63, 3.8) is 0 Å². The second-order valence-corrected chi connectivity index (χ2v) is 4.05. The minimum absolute atomic E-state index is 0.0531. The van der Waals surface area contributed by atoms with Crippen molar-refractivity contribution in [3.05, 3.63) is 0 Å². The van der Waals surface area contributed by atoms with Crippen molar-refractivity contribution in [2.75, 3.05) is 0 Å². The van der Waals surface area contributed by atoms with Crippen molar-refractivity contribution in [3.8, 4) is 0 Å². The first-order valence-corrected chi connectivity index (χ1v) is 4.34. The van der Waals surface area contributed by atoms with Gasteiger partial charge in [0.2, 0.25) is 5.91 Å². The third-order valence-corrected chi connectivity index (χ3v) is 1.31. The number of hydrogen-bond acceptors (Lipinski definition) is 2. The number of carboxylic acids is 1. The summed E-state index contributed by atoms with van der Waals surface area (Å²) in [5.74, 6) is -0.947. The second-order valence-electron chi connectivity index (χ2n) is 4.05. The first-order chi connectivity index (χ1) is 5.81. The molecule has 0 heterocycles. The van der Waals surface area contributed by atoms with Crippen LogP contribution in [0.3, 0.4) is 0 Å². The summed E-state index contributed by atoms with van der Waals surface area (Å²) < 4.78 is 0. The molecule has 0 aliphatic heterocycles. The zero-order valence-electron chi connectivity index (χ0n) is 8.39. The Hall–Kier alpha value is -1.06. The smallest absolute Gasteiger partial charge is 0.303 e. The minimum Gasteiger partial charge on any atom is -0.481 e. The van der Waals surface area contributed by atoms with Gasteiger partial charge in [0.15, 0.2) is 0 Å². The van der Waals surface area contributed by atoms with Gasteiger partial charge in [0, 0.05) is 18.4 Å². The molecule has 0 aromatic carbocycles. The summed E-state index contributed by atoms with van der Waals surface area (Å²) in [7, 11) is 0. The topological polar surface area (TPSA) is 66.4 Å². The van der Waals surface area contributed by atoms with Crippen LogP contribution >= 0.6 is 0 Å². The standard InChI is InChI=1S/C9H17NO3/c1-9(2,3)10-7(11)5-4-6-8(12)13/h4-6H2,1-3H3,(H,10,11)(H,12,13). The Morgan fingerprint density at radius 2 is 1.77 bits per heavy atom. The lowest BCUT2D eigenvalue weighted by Crippen LogP contribution is -2.40. The SMILES string of the molecule is CC(C)(C)NC(=O)CCCC(=O)O. The Labute approximate surface area is 78.3 Å². The molecule has 0 spiro atoms. The highest BCUT2D eigenvalue weighted by molar-refractivity contribution is 5.77. The van der Waals surface area contributed by atoms with Crippen LogP contribution in [-0.4, -0.2) is 22.5 Å². The monoisotopic (exact) mass is 187 g/mol. The Bertz CT molecular complexity index is 194. The lowest BCUT2D eigenvalue weighted by atomic mass is 10.1. The molecular formula is C9H17NO3. The van der Waals surface area contributed by atoms with Gasteiger partial charge in [-0.2, -0.15) is 0 Å². The van der Waals surface area contributed by atoms with E-state index >= 15 is 0 Å². The van der Waals surface area contributed by atoms with E-state index in [1.165, 1.54) is 0 Å². The third-order valence-electron chi connectivity index (χ3n) is 1.31. The van der Waals surface area contributed by atoms with Gasteiger partial charge in [0.05, 0.1) is 0 Å². The lowest BCUT2D eigenvalue weighted by Gasteiger charge is -2.20. The Morgan fingerprint density at radius 3 is 2.15 bits per heavy atom. The fourth-order valence-corrected chi connectivity index (χ4v) is 0.881. The molecule has 0 fully saturated rings. The number of hydrogen-bond donors (Lipinski definition) is 2. The molecule has 0 aromatic heterocycles. The van der Waals surface area contributed by atoms with Crippen molar-refractivity contribution < 1.29 is 14.7 Å². The highest BCUT2D eigenvalue weighted by Gasteiger charge is 2.13. The normalized spacial score (nSPS) is 11.0. The molecule has 0 bridgehead atoms. The molecule has 0 atom stereocenters. The third kappa shape index (κ3) is 8.85. The quantitative estimate of drug-likeness (QED) is 0.694. The second kappa shape index (κ2) is 4.84. The summed E-state index contributed by atoms with van der Waals surface area (Å²) in [4.78, 5) is 21.3. The van der Waals surface area contributed by atoms with Crippen LogP contribution in [0.4, 0.5) is 0 Å². The molecule has 0 aromatic rings. The summed E-state index contributed by atoms with van der Waals surface area (Å²) in [6.07, 6.45) is 0.735. The van der Waals surface area contributed by atoms with E-state index < -0.39 is 5.97 Å². The molecular weight excluding hydrogens is 170 g/mol. The van der Waals surface area contributed by atoms with Crippen LogP contribution in [0.5, 0.6) is 0 Å². The molecule has 76 valence electrons. The van der Waals surface area contributed by atoms with Crippen LogP contribution in [0.15, 0.2) is 0 Å². The fraction of sp³-hybridized carbons (Fsp3) is 0.778. The Balaban J connectivity index is 3.59. The summed E-state index contributed by atoms with van der Waals surface area (Å²) in [5.41, 5.74) is -0.236. The first-order valence-electron chi connectivity index (χ1n) is 4.34. The van der Waals surface area contributed by atoms with Gasteiger partial charge in [-0.15, -0.1) is 0 Å². The number of carbonyl (C=O) groups is 2. The Kier molecular flexibility index (Phi) is 4.45. The molecule has 0 radical (unpaired) electrons. The van der Waals surface area contributed by atoms with Gasteiger partial charge in [-0.25, -0.2) is 0 Å². The highest BCUT2D eigenvalue weighted by Crippen LogP contribution is 2.01. The van der Waals surface area contributed by atoms with E-state index in [2.05, 4.69) is 5.32 Å². The van der Waals surface area contributed by atoms with Crippen molar-refractivity contribution in [2.24, 2.45) is 0 Å². The molecule has 4 heteroatoms. The van der Waals surface area contributed by atoms with E-state index in [9.17, 15) is 9.59 Å². The van der Waals surface area contributed by atoms with Gasteiger partial charge in [0.25, 0.3) is 0 Å². The molecule has 1 amide bonds. The zero-order valence-corrected chi connectivity index (χ0v) is 8.39. The van der Waals surface area contributed by atoms with Crippen molar-refractivity contribution in [1.29, 1.82) is 0 Å². The van der Waals surface area contributed by atoms with E-state index in [-0.39, 0.29) is 24.3 Å². The average Bonchev–Trinajstić information content (AvgIpc) is 1.81. The lowest BCUT2D eigenvalue weighted by molar-refractivity contribution is -0.137. The molecule has 0 aliphatic rings. The summed E-state index contributed by atoms with van der Waals surface area (Å²) >= 11 is 0. The fourth-order valence-electron chi connectivity index (χ4n) is 0.881. The van der Waals surface area contributed by atoms with E-state index in [4.69, 9.17) is 5.11 Å². The number of amides is 1. The van der Waals surface area contributed by atoms with Crippen molar-refractivity contribution in [1.82, 2.24) is 5.32 Å². The number of rotatable bonds is 4. The minimum atomic E-state index is -0.858. The summed E-state index contributed by atoms with van der Waals surface area (Å²) in [5, 5.41) is 11.1. The molecule has 0 unspecified atom stereocenters. The molecule has 4 nitrogen and oxygen atoms in total. The molecule has 0 rings (SSSR count). The van der Waals surface area contributed by atoms with Crippen LogP contribution in [0.2, 0.25) is 0 Å². The van der Waals surface area contributed by atoms with E-state index in [0.717, 1.165) is 0 Å². The number of aliphatic carboxylic acids is 1. The number of carboxylic acid groups (broad SMARTS) is 1. The maximum Gasteiger partial charge on any atom is 0.303 e. The van der Waals surface area contributed by atoms with E-state index in [1.54, 1.807) is 0 Å². The van der Waals surface area contributed by atoms with Gasteiger partial charge >= 0.3 is 5.97 Å². The predicted octanol–water partition coefficient (Wildman–Crippen LogP) is 1.16. The Morgan fingerprint density at radius 1 is 1.23 bits per heavy atom. The van der Waals surface area contributed by atoms with Crippen molar-refractivity contribution >= 4 is 11.9 Å². The molecule has 0 saturated heterocycles. The maximum atomic E-state index is 11.1. The predicted molar refractivity (Wildman–Crippen MR) is 49.4 cm³/mol. The average molecular weight is 187 g/mol. The van der Waals surface area contributed by atoms with E-state index in [0.29, 0.717) is 6.42 Å². The van der Waals surface area contributed by atoms with Crippen LogP contribution in [0.25, 0.3) is 0 Å². The van der Waals surface area contributed by atoms with Gasteiger partial charge in [0.1, 0.15) is 0 Å². The van der Waals surface area contributed by atoms with Crippen LogP contribution in [0.1, 0.15) is 40.0 Å². The first kappa shape index (κ1) is 11.9. The summed E-state index contributed by atoms with van der Waals surface area (Å²) in [6.45, 7) is 5.67. The highest BCUT2D eigenvalue weighted by atomic mass is 16.4. The number of nitrogens with one attached hydrogen (secondary N) is 1. The largest absolute Gasteiger partial charge is 0.481 e. The maximum absolute atomic E-state index is 11.1. The van der Waals surface area contributed by atoms with Crippen LogP contribution < -0.4 is 5.32 Å². The van der Waals surface area contributed by atoms with Gasteiger partial charge in [-0.1, -0.05) is 0 Å². The van der Waals surface area contributed by atoms with Crippen molar-refractivity contribution in [2.45, 2.75) is 45.6 Å². The van der Waals surface area contributed by atoms with Gasteiger partial charge in [-0.3, -0.25) is 9.59 Å². The molecule has 2 N–H and O–H groups in total. The van der Waals surface area contributed by atoms with Gasteiger partial charge in [-0.05, 0) is 27.2 Å². The van der Waals surface area contributed by atoms with Gasteiger partial charge < -0.3 is 10.4 Å². The zero-order chi connectivity index (χ0) is 10.5. The van der Waals surface area contributed by atoms with Crippen LogP contribution in [0, 0.1) is 0 Å². The van der Waals surface area contributed by atoms with Crippen LogP contribution in [-0.2, 0) is 9.59 Å². The van der Waals surface area contributed by atoms with E-state index in [1.807, 2.05) is 20.8 Å². The number of carbonyl (C=O) groups excluding carboxylic acids is 1. The molecule has 0 aliphatic carbocycles. The molecule has 0 saturated carbocycles.